The molecule has 0 unspecified atom stereocenters. The predicted octanol–water partition coefficient (Wildman–Crippen LogP) is 12.4. The molecule has 0 aliphatic rings. The van der Waals surface area contributed by atoms with Gasteiger partial charge in [0.05, 0.1) is 36.7 Å². The number of azo groups is 1. The first-order chi connectivity index (χ1) is 32.0. The Morgan fingerprint density at radius 1 is 0.794 bits per heavy atom. The Morgan fingerprint density at radius 3 is 2.16 bits per heavy atom. The highest BCUT2D eigenvalue weighted by molar-refractivity contribution is 7.86. The van der Waals surface area contributed by atoms with E-state index < -0.39 is 25.7 Å². The number of hydrogen-bond acceptors (Lipinski definition) is 15. The molecule has 8 rings (SSSR count). The van der Waals surface area contributed by atoms with Gasteiger partial charge in [-0.15, -0.1) is 10.2 Å². The van der Waals surface area contributed by atoms with Gasteiger partial charge in [-0.2, -0.15) is 31.9 Å². The fourth-order valence-electron chi connectivity index (χ4n) is 8.42. The molecule has 0 spiro atoms. The topological polar surface area (TPSA) is 229 Å². The van der Waals surface area contributed by atoms with Crippen molar-refractivity contribution in [1.29, 1.82) is 5.26 Å². The lowest BCUT2D eigenvalue weighted by atomic mass is 9.90. The van der Waals surface area contributed by atoms with Crippen molar-refractivity contribution in [3.63, 3.8) is 0 Å². The van der Waals surface area contributed by atoms with Gasteiger partial charge in [0.15, 0.2) is 16.8 Å². The molecular weight excluding hydrogens is 941 g/mol. The molecule has 0 fully saturated rings. The van der Waals surface area contributed by atoms with Gasteiger partial charge in [-0.05, 0) is 117 Å². The Hall–Kier alpha value is -6.47. The summed E-state index contributed by atoms with van der Waals surface area (Å²) in [6.45, 7) is 19.0. The maximum Gasteiger partial charge on any atom is 0.295 e. The number of thiazole rings is 2. The van der Waals surface area contributed by atoms with Gasteiger partial charge in [-0.3, -0.25) is 14.0 Å². The number of aromatic nitrogens is 5. The van der Waals surface area contributed by atoms with Crippen molar-refractivity contribution in [2.75, 3.05) is 10.2 Å². The lowest BCUT2D eigenvalue weighted by Crippen LogP contribution is -2.18. The van der Waals surface area contributed by atoms with Crippen LogP contribution < -0.4 is 10.2 Å². The monoisotopic (exact) mass is 988 g/mol. The summed E-state index contributed by atoms with van der Waals surface area (Å²) in [5, 5.41) is 29.7. The summed E-state index contributed by atoms with van der Waals surface area (Å²) in [5.74, 6) is 0.687. The Kier molecular flexibility index (Phi) is 12.6. The van der Waals surface area contributed by atoms with Crippen LogP contribution in [0.25, 0.3) is 25.6 Å². The molecule has 0 bridgehead atoms. The molecule has 20 heteroatoms. The molecule has 0 amide bonds. The number of nitrogens with zero attached hydrogens (tertiary/aromatic N) is 9. The molecule has 4 heterocycles. The summed E-state index contributed by atoms with van der Waals surface area (Å²) < 4.78 is 74.3. The summed E-state index contributed by atoms with van der Waals surface area (Å²) >= 11 is 2.50. The molecule has 0 atom stereocenters. The van der Waals surface area contributed by atoms with Crippen LogP contribution in [0.2, 0.25) is 0 Å². The highest BCUT2D eigenvalue weighted by atomic mass is 32.2. The van der Waals surface area contributed by atoms with Crippen molar-refractivity contribution in [3.05, 3.63) is 117 Å². The molecule has 4 aromatic heterocycles. The fraction of sp³-hybridized carbons (Fsp3) is 0.271. The molecule has 0 aliphatic heterocycles. The Bertz CT molecular complexity index is 3620. The van der Waals surface area contributed by atoms with Gasteiger partial charge in [0.25, 0.3) is 20.2 Å². The van der Waals surface area contributed by atoms with Gasteiger partial charge >= 0.3 is 0 Å². The van der Waals surface area contributed by atoms with Crippen LogP contribution in [-0.4, -0.2) is 50.7 Å². The third-order valence-corrected chi connectivity index (χ3v) is 15.3. The summed E-state index contributed by atoms with van der Waals surface area (Å²) in [7, 11) is -9.32. The minimum Gasteiger partial charge on any atom is -0.338 e. The Labute approximate surface area is 402 Å². The highest BCUT2D eigenvalue weighted by Gasteiger charge is 2.32. The number of pyridine rings is 1. The number of para-hydroxylation sites is 1. The quantitative estimate of drug-likeness (QED) is 0.0765. The van der Waals surface area contributed by atoms with E-state index in [1.165, 1.54) is 29.5 Å². The van der Waals surface area contributed by atoms with E-state index >= 15 is 0 Å². The number of rotatable bonds is 12. The average molecular weight is 989 g/mol. The molecule has 68 heavy (non-hydrogen) atoms. The summed E-state index contributed by atoms with van der Waals surface area (Å²) in [6.07, 6.45) is 0.841. The number of hydrogen-bond donors (Lipinski definition) is 3. The smallest absolute Gasteiger partial charge is 0.295 e. The number of aryl methyl sites for hydroxylation is 6. The predicted molar refractivity (Wildman–Crippen MR) is 268 cm³/mol. The maximum atomic E-state index is 13.2. The van der Waals surface area contributed by atoms with Crippen LogP contribution in [0.1, 0.15) is 84.8 Å². The van der Waals surface area contributed by atoms with Crippen molar-refractivity contribution in [2.45, 2.75) is 97.3 Å². The van der Waals surface area contributed by atoms with Crippen molar-refractivity contribution in [2.24, 2.45) is 10.2 Å². The van der Waals surface area contributed by atoms with Gasteiger partial charge in [0.2, 0.25) is 5.13 Å². The fourth-order valence-corrected chi connectivity index (χ4v) is 12.0. The molecule has 0 aliphatic carbocycles. The van der Waals surface area contributed by atoms with Crippen LogP contribution >= 0.6 is 22.7 Å². The van der Waals surface area contributed by atoms with E-state index in [2.05, 4.69) is 30.4 Å². The minimum absolute atomic E-state index is 0.167. The molecule has 16 nitrogen and oxygen atoms in total. The van der Waals surface area contributed by atoms with E-state index in [9.17, 15) is 31.2 Å². The Morgan fingerprint density at radius 2 is 1.51 bits per heavy atom. The second-order valence-corrected chi connectivity index (χ2v) is 22.3. The average Bonchev–Trinajstić information content (AvgIpc) is 3.98. The number of anilines is 5. The molecule has 4 aromatic carbocycles. The second-order valence-electron chi connectivity index (χ2n) is 17.5. The third kappa shape index (κ3) is 9.00. The molecule has 350 valence electrons. The summed E-state index contributed by atoms with van der Waals surface area (Å²) in [6, 6.07) is 21.6. The van der Waals surface area contributed by atoms with Crippen molar-refractivity contribution >= 4 is 103 Å². The van der Waals surface area contributed by atoms with E-state index in [0.29, 0.717) is 61.1 Å². The molecule has 0 radical (unpaired) electrons. The second kappa shape index (κ2) is 17.9. The van der Waals surface area contributed by atoms with E-state index in [1.807, 2.05) is 72.7 Å². The molecule has 8 aromatic rings. The zero-order chi connectivity index (χ0) is 49.2. The van der Waals surface area contributed by atoms with E-state index in [4.69, 9.17) is 30.3 Å². The lowest BCUT2D eigenvalue weighted by Gasteiger charge is -2.28. The number of benzene rings is 4. The lowest BCUT2D eigenvalue weighted by molar-refractivity contribution is 0.480. The first-order valence-electron chi connectivity index (χ1n) is 21.5. The van der Waals surface area contributed by atoms with Gasteiger partial charge in [0, 0.05) is 11.1 Å². The van der Waals surface area contributed by atoms with E-state index in [1.54, 1.807) is 35.6 Å². The molecule has 3 N–H and O–H groups in total. The van der Waals surface area contributed by atoms with Crippen molar-refractivity contribution in [1.82, 2.24) is 24.7 Å². The Balaban J connectivity index is 1.43. The minimum atomic E-state index is -4.75. The SMILES string of the molecule is CCc1cc(C)cc(C)c1Nc1nc(N(c2nc3ccc(S(=O)(=O)O)cc3s2)c2c(C)cc(C)c(S(=O)(=O)O)c2CC)cc(C)c1N=Nc1c(C#N)c(C(C)(C)C)nn1-c1nc2ccccc2s1. The molecule has 0 saturated heterocycles. The number of fused-ring (bicyclic) bond motifs is 2. The molecule has 0 saturated carbocycles. The van der Waals surface area contributed by atoms with Crippen molar-refractivity contribution < 1.29 is 25.9 Å². The standard InChI is InChI=1S/C48H48N10O6S4/c1-11-30-20-25(3)19-26(4)39(30)53-44-40(54-55-45-33(24-49)43(48(8,9)10)56-58(45)47-51-34-15-13-14-16-36(34)65-47)27(5)22-38(52-44)57(41-28(6)21-29(7)42(32(41)12-2)68(62,63)64)46-50-35-18-17-31(67(59,60)61)23-37(35)66-46/h13-23H,11-12H2,1-10H3,(H,52,53)(H,59,60,61)(H,62,63,64). The van der Waals surface area contributed by atoms with Crippen LogP contribution in [-0.2, 0) is 38.5 Å². The van der Waals surface area contributed by atoms with Crippen molar-refractivity contribution in [3.8, 4) is 11.2 Å². The van der Waals surface area contributed by atoms with Gasteiger partial charge in [-0.25, -0.2) is 15.0 Å². The van der Waals surface area contributed by atoms with Gasteiger partial charge in [0.1, 0.15) is 28.0 Å². The number of nitriles is 1. The van der Waals surface area contributed by atoms with Crippen LogP contribution in [0.5, 0.6) is 0 Å². The zero-order valence-electron chi connectivity index (χ0n) is 39.0. The van der Waals surface area contributed by atoms with Crippen LogP contribution in [0, 0.1) is 45.9 Å². The highest BCUT2D eigenvalue weighted by Crippen LogP contribution is 2.47. The number of nitrogens with one attached hydrogen (secondary N) is 1. The summed E-state index contributed by atoms with van der Waals surface area (Å²) in [5.41, 5.74) is 7.66. The van der Waals surface area contributed by atoms with Gasteiger partial charge < -0.3 is 5.32 Å². The van der Waals surface area contributed by atoms with E-state index in [-0.39, 0.29) is 44.4 Å². The first kappa shape index (κ1) is 48.0. The normalized spacial score (nSPS) is 12.4. The van der Waals surface area contributed by atoms with Crippen LogP contribution in [0.3, 0.4) is 0 Å². The third-order valence-electron chi connectivity index (χ3n) is 11.4. The maximum absolute atomic E-state index is 13.2. The largest absolute Gasteiger partial charge is 0.338 e. The van der Waals surface area contributed by atoms with Gasteiger partial charge in [-0.1, -0.05) is 93.2 Å². The van der Waals surface area contributed by atoms with E-state index in [0.717, 1.165) is 43.9 Å². The zero-order valence-corrected chi connectivity index (χ0v) is 42.2. The van der Waals surface area contributed by atoms with Crippen LogP contribution in [0.15, 0.2) is 86.7 Å². The first-order valence-corrected chi connectivity index (χ1v) is 26.0. The molecular formula is C48H48N10O6S4. The van der Waals surface area contributed by atoms with Crippen LogP contribution in [0.4, 0.5) is 39.6 Å². The summed E-state index contributed by atoms with van der Waals surface area (Å²) in [4.78, 5) is 16.1.